The van der Waals surface area contributed by atoms with Crippen LogP contribution in [0.4, 0.5) is 5.82 Å². The van der Waals surface area contributed by atoms with E-state index in [1.807, 2.05) is 0 Å². The minimum absolute atomic E-state index is 0.0418. The molecule has 19 heavy (non-hydrogen) atoms. The molecule has 1 aromatic rings. The largest absolute Gasteiger partial charge is 0.361 e. The van der Waals surface area contributed by atoms with Crippen molar-refractivity contribution in [3.05, 3.63) is 11.8 Å². The number of anilines is 1. The molecule has 0 aromatic carbocycles. The van der Waals surface area contributed by atoms with E-state index in [1.165, 1.54) is 6.92 Å². The highest BCUT2D eigenvalue weighted by molar-refractivity contribution is 6.38. The summed E-state index contributed by atoms with van der Waals surface area (Å²) in [7, 11) is 0. The number of rotatable bonds is 3. The van der Waals surface area contributed by atoms with Crippen LogP contribution in [0.5, 0.6) is 0 Å². The molecule has 0 spiro atoms. The number of amides is 3. The van der Waals surface area contributed by atoms with Crippen LogP contribution in [-0.2, 0) is 14.4 Å². The van der Waals surface area contributed by atoms with Gasteiger partial charge in [0, 0.05) is 24.9 Å². The first-order chi connectivity index (χ1) is 8.95. The molecule has 8 nitrogen and oxygen atoms in total. The molecule has 8 heteroatoms. The van der Waals surface area contributed by atoms with Gasteiger partial charge in [-0.1, -0.05) is 0 Å². The van der Waals surface area contributed by atoms with Crippen LogP contribution in [-0.4, -0.2) is 34.0 Å². The highest BCUT2D eigenvalue weighted by Gasteiger charge is 2.32. The van der Waals surface area contributed by atoms with Crippen LogP contribution in [0.15, 0.2) is 6.07 Å². The van der Waals surface area contributed by atoms with Gasteiger partial charge in [-0.15, -0.1) is 0 Å². The minimum Gasteiger partial charge on any atom is -0.361 e. The fourth-order valence-electron chi connectivity index (χ4n) is 2.06. The van der Waals surface area contributed by atoms with Crippen LogP contribution < -0.4 is 16.4 Å². The van der Waals surface area contributed by atoms with E-state index in [4.69, 9.17) is 5.73 Å². The molecule has 0 radical (unpaired) electrons. The van der Waals surface area contributed by atoms with Crippen LogP contribution in [0.3, 0.4) is 0 Å². The van der Waals surface area contributed by atoms with Gasteiger partial charge in [0.1, 0.15) is 5.82 Å². The van der Waals surface area contributed by atoms with Crippen LogP contribution in [0.2, 0.25) is 0 Å². The molecule has 0 bridgehead atoms. The van der Waals surface area contributed by atoms with Crippen molar-refractivity contribution in [2.24, 2.45) is 5.73 Å². The summed E-state index contributed by atoms with van der Waals surface area (Å²) in [5.41, 5.74) is 5.62. The molecule has 1 saturated carbocycles. The number of carbonyl (C=O) groups excluding carboxylic acids is 3. The Morgan fingerprint density at radius 2 is 2.11 bits per heavy atom. The molecule has 5 N–H and O–H groups in total. The van der Waals surface area contributed by atoms with Gasteiger partial charge in [0.15, 0.2) is 0 Å². The average molecular weight is 265 g/mol. The Morgan fingerprint density at radius 3 is 2.68 bits per heavy atom. The number of nitrogens with zero attached hydrogens (tertiary/aromatic N) is 1. The molecule has 1 aromatic heterocycles. The van der Waals surface area contributed by atoms with Gasteiger partial charge in [0.25, 0.3) is 0 Å². The normalized spacial score (nSPS) is 21.3. The molecule has 102 valence electrons. The number of hydrogen-bond donors (Lipinski definition) is 4. The second-order valence-corrected chi connectivity index (χ2v) is 4.59. The number of nitrogens with two attached hydrogens (primary N) is 1. The zero-order chi connectivity index (χ0) is 14.0. The maximum absolute atomic E-state index is 11.1. The molecular formula is C11H15N5O3. The fourth-order valence-corrected chi connectivity index (χ4v) is 2.06. The molecule has 2 rings (SSSR count). The highest BCUT2D eigenvalue weighted by atomic mass is 16.2. The van der Waals surface area contributed by atoms with Gasteiger partial charge in [0.05, 0.1) is 5.69 Å². The predicted octanol–water partition coefficient (Wildman–Crippen LogP) is -0.784. The van der Waals surface area contributed by atoms with Crippen molar-refractivity contribution >= 4 is 23.5 Å². The molecule has 1 aliphatic rings. The summed E-state index contributed by atoms with van der Waals surface area (Å²) in [5.74, 6) is -1.40. The van der Waals surface area contributed by atoms with Gasteiger partial charge in [-0.2, -0.15) is 5.10 Å². The lowest BCUT2D eigenvalue weighted by molar-refractivity contribution is -0.134. The number of nitrogens with one attached hydrogen (secondary N) is 3. The molecular weight excluding hydrogens is 250 g/mol. The summed E-state index contributed by atoms with van der Waals surface area (Å²) >= 11 is 0. The van der Waals surface area contributed by atoms with Crippen LogP contribution in [0.25, 0.3) is 0 Å². The van der Waals surface area contributed by atoms with Gasteiger partial charge in [-0.3, -0.25) is 19.5 Å². The minimum atomic E-state index is -1.05. The number of aromatic amines is 1. The summed E-state index contributed by atoms with van der Waals surface area (Å²) in [6.45, 7) is 1.49. The third-order valence-electron chi connectivity index (χ3n) is 3.03. The second-order valence-electron chi connectivity index (χ2n) is 4.59. The number of hydrogen-bond acceptors (Lipinski definition) is 4. The van der Waals surface area contributed by atoms with E-state index in [9.17, 15) is 14.4 Å². The first-order valence-corrected chi connectivity index (χ1v) is 5.89. The monoisotopic (exact) mass is 265 g/mol. The third-order valence-corrected chi connectivity index (χ3v) is 3.03. The number of aromatic nitrogens is 2. The maximum Gasteiger partial charge on any atom is 0.314 e. The van der Waals surface area contributed by atoms with Crippen molar-refractivity contribution in [3.63, 3.8) is 0 Å². The Hall–Kier alpha value is -2.38. The Labute approximate surface area is 109 Å². The van der Waals surface area contributed by atoms with Crippen LogP contribution in [0, 0.1) is 0 Å². The molecule has 1 heterocycles. The van der Waals surface area contributed by atoms with E-state index in [2.05, 4.69) is 20.8 Å². The molecule has 0 aliphatic heterocycles. The van der Waals surface area contributed by atoms with E-state index in [0.717, 1.165) is 18.5 Å². The zero-order valence-corrected chi connectivity index (χ0v) is 10.4. The van der Waals surface area contributed by atoms with E-state index in [1.54, 1.807) is 6.07 Å². The van der Waals surface area contributed by atoms with Gasteiger partial charge in [0.2, 0.25) is 5.91 Å². The van der Waals surface area contributed by atoms with Crippen molar-refractivity contribution in [2.75, 3.05) is 5.32 Å². The van der Waals surface area contributed by atoms with Crippen molar-refractivity contribution in [3.8, 4) is 0 Å². The fraction of sp³-hybridized carbons (Fsp3) is 0.455. The summed E-state index contributed by atoms with van der Waals surface area (Å²) in [6.07, 6.45) is 1.63. The maximum atomic E-state index is 11.1. The van der Waals surface area contributed by atoms with E-state index < -0.39 is 11.8 Å². The van der Waals surface area contributed by atoms with E-state index in [0.29, 0.717) is 5.82 Å². The van der Waals surface area contributed by atoms with Gasteiger partial charge in [-0.05, 0) is 12.8 Å². The Kier molecular flexibility index (Phi) is 3.50. The first-order valence-electron chi connectivity index (χ1n) is 5.89. The summed E-state index contributed by atoms with van der Waals surface area (Å²) in [4.78, 5) is 32.5. The van der Waals surface area contributed by atoms with Crippen molar-refractivity contribution in [2.45, 2.75) is 31.7 Å². The zero-order valence-electron chi connectivity index (χ0n) is 10.4. The number of carbonyl (C=O) groups is 3. The predicted molar refractivity (Wildman–Crippen MR) is 66.0 cm³/mol. The Morgan fingerprint density at radius 1 is 1.42 bits per heavy atom. The quantitative estimate of drug-likeness (QED) is 0.534. The lowest BCUT2D eigenvalue weighted by Gasteiger charge is -2.34. The summed E-state index contributed by atoms with van der Waals surface area (Å²) in [5, 5.41) is 11.8. The molecule has 3 amide bonds. The van der Waals surface area contributed by atoms with E-state index >= 15 is 0 Å². The van der Waals surface area contributed by atoms with Crippen LogP contribution >= 0.6 is 0 Å². The SMILES string of the molecule is CC(=O)N[C@H]1C[C@@H](c2cc(NC(=O)C(N)=O)[nH]n2)C1. The second kappa shape index (κ2) is 5.09. The van der Waals surface area contributed by atoms with E-state index in [-0.39, 0.29) is 17.9 Å². The smallest absolute Gasteiger partial charge is 0.314 e. The lowest BCUT2D eigenvalue weighted by atomic mass is 9.78. The number of H-pyrrole nitrogens is 1. The van der Waals surface area contributed by atoms with Gasteiger partial charge >= 0.3 is 11.8 Å². The molecule has 1 fully saturated rings. The van der Waals surface area contributed by atoms with Gasteiger partial charge < -0.3 is 16.4 Å². The first kappa shape index (κ1) is 13.1. The van der Waals surface area contributed by atoms with Gasteiger partial charge in [-0.25, -0.2) is 0 Å². The summed E-state index contributed by atoms with van der Waals surface area (Å²) < 4.78 is 0. The summed E-state index contributed by atoms with van der Waals surface area (Å²) in [6, 6.07) is 1.85. The third kappa shape index (κ3) is 3.09. The Bertz CT molecular complexity index is 518. The average Bonchev–Trinajstić information content (AvgIpc) is 2.70. The molecule has 0 unspecified atom stereocenters. The molecule has 0 saturated heterocycles. The Balaban J connectivity index is 1.87. The van der Waals surface area contributed by atoms with Crippen molar-refractivity contribution in [1.29, 1.82) is 0 Å². The van der Waals surface area contributed by atoms with Crippen molar-refractivity contribution in [1.82, 2.24) is 15.5 Å². The number of primary amides is 1. The molecule has 1 aliphatic carbocycles. The highest BCUT2D eigenvalue weighted by Crippen LogP contribution is 2.36. The topological polar surface area (TPSA) is 130 Å². The molecule has 0 atom stereocenters. The lowest BCUT2D eigenvalue weighted by Crippen LogP contribution is -2.42. The standard InChI is InChI=1S/C11H15N5O3/c1-5(17)13-7-2-6(3-7)8-4-9(16-15-8)14-11(19)10(12)18/h4,6-7H,2-3H2,1H3,(H2,12,18)(H,13,17)(H2,14,15,16,19)/t6-,7+. The van der Waals surface area contributed by atoms with Crippen LogP contribution in [0.1, 0.15) is 31.4 Å². The van der Waals surface area contributed by atoms with Crippen molar-refractivity contribution < 1.29 is 14.4 Å².